The molecule has 2 rings (SSSR count). The Hall–Kier alpha value is -1.58. The van der Waals surface area contributed by atoms with Gasteiger partial charge in [0.15, 0.2) is 5.78 Å². The molecule has 4 heteroatoms. The number of hydrogen-bond donors (Lipinski definition) is 0. The highest BCUT2D eigenvalue weighted by Gasteiger charge is 2.31. The van der Waals surface area contributed by atoms with Gasteiger partial charge in [0.05, 0.1) is 5.56 Å². The van der Waals surface area contributed by atoms with Gasteiger partial charge in [-0.3, -0.25) is 4.79 Å². The fourth-order valence-electron chi connectivity index (χ4n) is 2.71. The SMILES string of the molecule is CC1(C)CC(=O)C=C(Cc2cccc(C(F)(F)F)c2)C1. The van der Waals surface area contributed by atoms with E-state index in [9.17, 15) is 18.0 Å². The van der Waals surface area contributed by atoms with Gasteiger partial charge in [-0.1, -0.05) is 37.6 Å². The molecule has 1 aliphatic carbocycles. The average Bonchev–Trinajstić information content (AvgIpc) is 2.25. The van der Waals surface area contributed by atoms with Gasteiger partial charge in [0.2, 0.25) is 0 Å². The van der Waals surface area contributed by atoms with Gasteiger partial charge in [0, 0.05) is 6.42 Å². The van der Waals surface area contributed by atoms with Crippen LogP contribution in [0.3, 0.4) is 0 Å². The first-order valence-corrected chi connectivity index (χ1v) is 6.54. The van der Waals surface area contributed by atoms with Crippen LogP contribution < -0.4 is 0 Å². The second kappa shape index (κ2) is 5.08. The summed E-state index contributed by atoms with van der Waals surface area (Å²) in [7, 11) is 0. The van der Waals surface area contributed by atoms with Crippen LogP contribution in [0.4, 0.5) is 13.2 Å². The lowest BCUT2D eigenvalue weighted by atomic mass is 9.75. The molecule has 0 atom stereocenters. The molecule has 0 aromatic heterocycles. The van der Waals surface area contributed by atoms with Gasteiger partial charge >= 0.3 is 6.18 Å². The van der Waals surface area contributed by atoms with Crippen molar-refractivity contribution in [2.75, 3.05) is 0 Å². The largest absolute Gasteiger partial charge is 0.416 e. The van der Waals surface area contributed by atoms with E-state index in [-0.39, 0.29) is 11.2 Å². The van der Waals surface area contributed by atoms with Crippen molar-refractivity contribution < 1.29 is 18.0 Å². The van der Waals surface area contributed by atoms with Crippen LogP contribution in [0, 0.1) is 5.41 Å². The molecule has 1 nitrogen and oxygen atoms in total. The van der Waals surface area contributed by atoms with Gasteiger partial charge in [-0.05, 0) is 36.0 Å². The second-order valence-electron chi connectivity index (χ2n) is 6.16. The van der Waals surface area contributed by atoms with Gasteiger partial charge in [0.1, 0.15) is 0 Å². The highest BCUT2D eigenvalue weighted by Crippen LogP contribution is 2.35. The van der Waals surface area contributed by atoms with Gasteiger partial charge < -0.3 is 0 Å². The molecule has 0 unspecified atom stereocenters. The summed E-state index contributed by atoms with van der Waals surface area (Å²) >= 11 is 0. The lowest BCUT2D eigenvalue weighted by molar-refractivity contribution is -0.137. The minimum atomic E-state index is -4.33. The lowest BCUT2D eigenvalue weighted by Crippen LogP contribution is -2.22. The van der Waals surface area contributed by atoms with E-state index in [0.29, 0.717) is 18.4 Å². The van der Waals surface area contributed by atoms with E-state index in [1.54, 1.807) is 12.1 Å². The minimum Gasteiger partial charge on any atom is -0.295 e. The zero-order valence-corrected chi connectivity index (χ0v) is 11.6. The summed E-state index contributed by atoms with van der Waals surface area (Å²) in [6.07, 6.45) is -1.09. The monoisotopic (exact) mass is 282 g/mol. The molecule has 0 N–H and O–H groups in total. The fourth-order valence-corrected chi connectivity index (χ4v) is 2.71. The van der Waals surface area contributed by atoms with Crippen molar-refractivity contribution >= 4 is 5.78 Å². The summed E-state index contributed by atoms with van der Waals surface area (Å²) in [6, 6.07) is 5.30. The van der Waals surface area contributed by atoms with Crippen molar-refractivity contribution in [1.82, 2.24) is 0 Å². The van der Waals surface area contributed by atoms with Gasteiger partial charge in [-0.25, -0.2) is 0 Å². The summed E-state index contributed by atoms with van der Waals surface area (Å²) in [5.41, 5.74) is 0.752. The van der Waals surface area contributed by atoms with Crippen molar-refractivity contribution in [3.8, 4) is 0 Å². The number of carbonyl (C=O) groups is 1. The molecule has 0 bridgehead atoms. The van der Waals surface area contributed by atoms with E-state index in [2.05, 4.69) is 0 Å². The van der Waals surface area contributed by atoms with E-state index >= 15 is 0 Å². The van der Waals surface area contributed by atoms with Crippen LogP contribution in [0.5, 0.6) is 0 Å². The number of allylic oxidation sites excluding steroid dienone is 2. The second-order valence-corrected chi connectivity index (χ2v) is 6.16. The molecule has 20 heavy (non-hydrogen) atoms. The molecule has 0 aliphatic heterocycles. The molecule has 0 fully saturated rings. The van der Waals surface area contributed by atoms with Gasteiger partial charge in [0.25, 0.3) is 0 Å². The predicted molar refractivity (Wildman–Crippen MR) is 71.3 cm³/mol. The highest BCUT2D eigenvalue weighted by molar-refractivity contribution is 5.91. The summed E-state index contributed by atoms with van der Waals surface area (Å²) in [5, 5.41) is 0. The van der Waals surface area contributed by atoms with E-state index < -0.39 is 11.7 Å². The van der Waals surface area contributed by atoms with E-state index in [1.165, 1.54) is 6.07 Å². The number of hydrogen-bond acceptors (Lipinski definition) is 1. The third kappa shape index (κ3) is 3.71. The molecular weight excluding hydrogens is 265 g/mol. The highest BCUT2D eigenvalue weighted by atomic mass is 19.4. The molecule has 0 amide bonds. The number of alkyl halides is 3. The zero-order valence-electron chi connectivity index (χ0n) is 11.6. The maximum atomic E-state index is 12.7. The smallest absolute Gasteiger partial charge is 0.295 e. The van der Waals surface area contributed by atoms with Crippen LogP contribution in [-0.2, 0) is 17.4 Å². The number of carbonyl (C=O) groups excluding carboxylic acids is 1. The standard InChI is InChI=1S/C16H17F3O/c1-15(2)9-12(8-14(20)10-15)6-11-4-3-5-13(7-11)16(17,18)19/h3-5,7-8H,6,9-10H2,1-2H3. The molecule has 0 saturated heterocycles. The van der Waals surface area contributed by atoms with E-state index in [1.807, 2.05) is 13.8 Å². The maximum absolute atomic E-state index is 12.7. The van der Waals surface area contributed by atoms with Crippen molar-refractivity contribution in [3.05, 3.63) is 47.0 Å². The molecule has 1 aliphatic rings. The zero-order chi connectivity index (χ0) is 15.0. The number of benzene rings is 1. The Morgan fingerprint density at radius 2 is 1.90 bits per heavy atom. The molecule has 1 aromatic carbocycles. The van der Waals surface area contributed by atoms with Crippen LogP contribution in [0.25, 0.3) is 0 Å². The Labute approximate surface area is 116 Å². The van der Waals surface area contributed by atoms with E-state index in [4.69, 9.17) is 0 Å². The molecule has 108 valence electrons. The summed E-state index contributed by atoms with van der Waals surface area (Å²) in [6.45, 7) is 4.01. The Kier molecular flexibility index (Phi) is 3.76. The maximum Gasteiger partial charge on any atom is 0.416 e. The first-order chi connectivity index (χ1) is 9.16. The number of ketones is 1. The van der Waals surface area contributed by atoms with Crippen molar-refractivity contribution in [2.24, 2.45) is 5.41 Å². The fraction of sp³-hybridized carbons (Fsp3) is 0.438. The third-order valence-electron chi connectivity index (χ3n) is 3.41. The van der Waals surface area contributed by atoms with Crippen molar-refractivity contribution in [1.29, 1.82) is 0 Å². The van der Waals surface area contributed by atoms with Crippen LogP contribution in [0.2, 0.25) is 0 Å². The number of halogens is 3. The normalized spacial score (nSPS) is 18.9. The van der Waals surface area contributed by atoms with Gasteiger partial charge in [-0.2, -0.15) is 13.2 Å². The molecular formula is C16H17F3O. The summed E-state index contributed by atoms with van der Waals surface area (Å²) in [4.78, 5) is 11.6. The Balaban J connectivity index is 2.21. The Morgan fingerprint density at radius 1 is 1.20 bits per heavy atom. The molecule has 0 heterocycles. The predicted octanol–water partition coefficient (Wildman–Crippen LogP) is 4.56. The van der Waals surface area contributed by atoms with Crippen LogP contribution >= 0.6 is 0 Å². The minimum absolute atomic E-state index is 0.0585. The summed E-state index contributed by atoms with van der Waals surface area (Å²) in [5.74, 6) is 0.0585. The molecule has 1 aromatic rings. The average molecular weight is 282 g/mol. The van der Waals surface area contributed by atoms with Crippen LogP contribution in [0.15, 0.2) is 35.9 Å². The lowest BCUT2D eigenvalue weighted by Gasteiger charge is -2.29. The van der Waals surface area contributed by atoms with Crippen molar-refractivity contribution in [2.45, 2.75) is 39.3 Å². The summed E-state index contributed by atoms with van der Waals surface area (Å²) < 4.78 is 38.0. The first kappa shape index (κ1) is 14.8. The Bertz CT molecular complexity index is 553. The third-order valence-corrected chi connectivity index (χ3v) is 3.41. The van der Waals surface area contributed by atoms with Crippen LogP contribution in [-0.4, -0.2) is 5.78 Å². The molecule has 0 spiro atoms. The van der Waals surface area contributed by atoms with Crippen molar-refractivity contribution in [3.63, 3.8) is 0 Å². The topological polar surface area (TPSA) is 17.1 Å². The molecule has 0 saturated carbocycles. The van der Waals surface area contributed by atoms with E-state index in [0.717, 1.165) is 24.1 Å². The first-order valence-electron chi connectivity index (χ1n) is 6.54. The number of rotatable bonds is 2. The molecule has 0 radical (unpaired) electrons. The van der Waals surface area contributed by atoms with Crippen LogP contribution in [0.1, 0.15) is 37.8 Å². The quantitative estimate of drug-likeness (QED) is 0.777. The van der Waals surface area contributed by atoms with Gasteiger partial charge in [-0.15, -0.1) is 0 Å². The Morgan fingerprint density at radius 3 is 2.50 bits per heavy atom.